The van der Waals surface area contributed by atoms with E-state index in [2.05, 4.69) is 5.32 Å². The third-order valence-corrected chi connectivity index (χ3v) is 4.24. The summed E-state index contributed by atoms with van der Waals surface area (Å²) in [5, 5.41) is 11.9. The molecule has 1 saturated heterocycles. The first kappa shape index (κ1) is 18.8. The van der Waals surface area contributed by atoms with E-state index in [-0.39, 0.29) is 24.8 Å². The fourth-order valence-corrected chi connectivity index (χ4v) is 3.03. The van der Waals surface area contributed by atoms with Gasteiger partial charge in [-0.05, 0) is 19.4 Å². The summed E-state index contributed by atoms with van der Waals surface area (Å²) >= 11 is 0. The molecule has 2 amide bonds. The van der Waals surface area contributed by atoms with Crippen LogP contribution in [0.5, 0.6) is 5.75 Å². The van der Waals surface area contributed by atoms with E-state index < -0.39 is 17.9 Å². The first-order valence-electron chi connectivity index (χ1n) is 8.41. The molecule has 1 aliphatic heterocycles. The molecule has 25 heavy (non-hydrogen) atoms. The fourth-order valence-electron chi connectivity index (χ4n) is 3.03. The lowest BCUT2D eigenvalue weighted by molar-refractivity contribution is -0.141. The number of hydrogen-bond donors (Lipinski definition) is 2. The molecule has 0 bridgehead atoms. The van der Waals surface area contributed by atoms with E-state index in [1.54, 1.807) is 11.0 Å². The van der Waals surface area contributed by atoms with Gasteiger partial charge in [0.25, 0.3) is 0 Å². The standard InChI is InChI=1S/C18H24N2O5/c1-3-25-16-7-5-4-6-14(16)15(19-12(2)21)10-17(22)20-9-8-13(11-20)18(23)24/h4-7,13,15H,3,8-11H2,1-2H3,(H,19,21)(H,23,24)/t13-,15-/m0/s1. The van der Waals surface area contributed by atoms with Crippen molar-refractivity contribution in [2.24, 2.45) is 5.92 Å². The van der Waals surface area contributed by atoms with Crippen LogP contribution < -0.4 is 10.1 Å². The number of hydrogen-bond acceptors (Lipinski definition) is 4. The largest absolute Gasteiger partial charge is 0.494 e. The lowest BCUT2D eigenvalue weighted by Crippen LogP contribution is -2.35. The zero-order valence-electron chi connectivity index (χ0n) is 14.5. The molecule has 7 nitrogen and oxygen atoms in total. The zero-order chi connectivity index (χ0) is 18.4. The lowest BCUT2D eigenvalue weighted by atomic mass is 10.0. The normalized spacial score (nSPS) is 17.8. The Morgan fingerprint density at radius 3 is 2.68 bits per heavy atom. The van der Waals surface area contributed by atoms with Crippen LogP contribution in [0.2, 0.25) is 0 Å². The third-order valence-electron chi connectivity index (χ3n) is 4.24. The first-order valence-corrected chi connectivity index (χ1v) is 8.41. The monoisotopic (exact) mass is 348 g/mol. The first-order chi connectivity index (χ1) is 11.9. The van der Waals surface area contributed by atoms with Crippen molar-refractivity contribution in [3.63, 3.8) is 0 Å². The summed E-state index contributed by atoms with van der Waals surface area (Å²) in [5.74, 6) is -1.18. The van der Waals surface area contributed by atoms with Gasteiger partial charge in [0.1, 0.15) is 5.75 Å². The quantitative estimate of drug-likeness (QED) is 0.780. The molecule has 2 atom stereocenters. The number of amides is 2. The minimum absolute atomic E-state index is 0.0655. The van der Waals surface area contributed by atoms with Gasteiger partial charge in [-0.1, -0.05) is 18.2 Å². The second kappa shape index (κ2) is 8.50. The molecule has 0 aromatic heterocycles. The number of nitrogens with one attached hydrogen (secondary N) is 1. The summed E-state index contributed by atoms with van der Waals surface area (Å²) in [6, 6.07) is 6.76. The molecule has 0 aliphatic carbocycles. The van der Waals surface area contributed by atoms with Crippen LogP contribution in [0.25, 0.3) is 0 Å². The minimum atomic E-state index is -0.879. The Kier molecular flexibility index (Phi) is 6.38. The molecule has 1 aromatic rings. The van der Waals surface area contributed by atoms with E-state index >= 15 is 0 Å². The molecule has 0 spiro atoms. The number of carboxylic acid groups (broad SMARTS) is 1. The van der Waals surface area contributed by atoms with Crippen molar-refractivity contribution in [2.45, 2.75) is 32.7 Å². The number of carbonyl (C=O) groups is 3. The molecule has 1 fully saturated rings. The highest BCUT2D eigenvalue weighted by Crippen LogP contribution is 2.29. The predicted molar refractivity (Wildman–Crippen MR) is 91.1 cm³/mol. The molecule has 0 unspecified atom stereocenters. The Bertz CT molecular complexity index is 646. The van der Waals surface area contributed by atoms with E-state index in [0.29, 0.717) is 25.3 Å². The van der Waals surface area contributed by atoms with Gasteiger partial charge in [-0.25, -0.2) is 0 Å². The van der Waals surface area contributed by atoms with Crippen molar-refractivity contribution in [3.8, 4) is 5.75 Å². The van der Waals surface area contributed by atoms with Gasteiger partial charge in [-0.3, -0.25) is 14.4 Å². The molecule has 2 rings (SSSR count). The molecule has 2 N–H and O–H groups in total. The van der Waals surface area contributed by atoms with E-state index in [0.717, 1.165) is 5.56 Å². The number of ether oxygens (including phenoxy) is 1. The zero-order valence-corrected chi connectivity index (χ0v) is 14.5. The van der Waals surface area contributed by atoms with Gasteiger partial charge in [-0.15, -0.1) is 0 Å². The van der Waals surface area contributed by atoms with Gasteiger partial charge < -0.3 is 20.1 Å². The molecule has 7 heteroatoms. The number of carboxylic acids is 1. The van der Waals surface area contributed by atoms with Crippen LogP contribution in [0.3, 0.4) is 0 Å². The van der Waals surface area contributed by atoms with E-state index in [1.165, 1.54) is 6.92 Å². The maximum Gasteiger partial charge on any atom is 0.308 e. The SMILES string of the molecule is CCOc1ccccc1[C@H](CC(=O)N1CC[C@H](C(=O)O)C1)NC(C)=O. The summed E-state index contributed by atoms with van der Waals surface area (Å²) in [6.45, 7) is 4.39. The van der Waals surface area contributed by atoms with Crippen molar-refractivity contribution >= 4 is 17.8 Å². The van der Waals surface area contributed by atoms with Crippen molar-refractivity contribution in [2.75, 3.05) is 19.7 Å². The average Bonchev–Trinajstić information content (AvgIpc) is 3.05. The number of nitrogens with zero attached hydrogens (tertiary/aromatic N) is 1. The molecule has 1 heterocycles. The second-order valence-corrected chi connectivity index (χ2v) is 6.09. The summed E-state index contributed by atoms with van der Waals surface area (Å²) in [6.07, 6.45) is 0.525. The van der Waals surface area contributed by atoms with Crippen molar-refractivity contribution in [3.05, 3.63) is 29.8 Å². The van der Waals surface area contributed by atoms with E-state index in [1.807, 2.05) is 25.1 Å². The lowest BCUT2D eigenvalue weighted by Gasteiger charge is -2.23. The van der Waals surface area contributed by atoms with Crippen LogP contribution >= 0.6 is 0 Å². The molecular formula is C18H24N2O5. The van der Waals surface area contributed by atoms with Gasteiger partial charge in [0.05, 0.1) is 25.0 Å². The number of carbonyl (C=O) groups excluding carboxylic acids is 2. The van der Waals surface area contributed by atoms with Gasteiger partial charge in [0.15, 0.2) is 0 Å². The van der Waals surface area contributed by atoms with Crippen molar-refractivity contribution < 1.29 is 24.2 Å². The number of likely N-dealkylation sites (tertiary alicyclic amines) is 1. The highest BCUT2D eigenvalue weighted by atomic mass is 16.5. The Morgan fingerprint density at radius 2 is 2.08 bits per heavy atom. The summed E-state index contributed by atoms with van der Waals surface area (Å²) in [4.78, 5) is 36.8. The van der Waals surface area contributed by atoms with Crippen LogP contribution in [-0.4, -0.2) is 47.5 Å². The van der Waals surface area contributed by atoms with Crippen molar-refractivity contribution in [1.29, 1.82) is 0 Å². The Balaban J connectivity index is 2.14. The van der Waals surface area contributed by atoms with E-state index in [4.69, 9.17) is 9.84 Å². The third kappa shape index (κ3) is 4.95. The van der Waals surface area contributed by atoms with Gasteiger partial charge >= 0.3 is 5.97 Å². The molecule has 136 valence electrons. The Hall–Kier alpha value is -2.57. The van der Waals surface area contributed by atoms with Crippen LogP contribution in [0, 0.1) is 5.92 Å². The minimum Gasteiger partial charge on any atom is -0.494 e. The molecule has 1 aliphatic rings. The summed E-state index contributed by atoms with van der Waals surface area (Å²) in [7, 11) is 0. The Morgan fingerprint density at radius 1 is 1.36 bits per heavy atom. The highest BCUT2D eigenvalue weighted by Gasteiger charge is 2.32. The smallest absolute Gasteiger partial charge is 0.308 e. The number of para-hydroxylation sites is 1. The molecule has 0 radical (unpaired) electrons. The summed E-state index contributed by atoms with van der Waals surface area (Å²) < 4.78 is 5.60. The van der Waals surface area contributed by atoms with Gasteiger partial charge in [-0.2, -0.15) is 0 Å². The van der Waals surface area contributed by atoms with Crippen LogP contribution in [0.1, 0.15) is 38.3 Å². The summed E-state index contributed by atoms with van der Waals surface area (Å²) in [5.41, 5.74) is 0.738. The van der Waals surface area contributed by atoms with Gasteiger partial charge in [0.2, 0.25) is 11.8 Å². The van der Waals surface area contributed by atoms with E-state index in [9.17, 15) is 14.4 Å². The van der Waals surface area contributed by atoms with Crippen LogP contribution in [0.4, 0.5) is 0 Å². The maximum atomic E-state index is 12.6. The fraction of sp³-hybridized carbons (Fsp3) is 0.500. The maximum absolute atomic E-state index is 12.6. The highest BCUT2D eigenvalue weighted by molar-refractivity contribution is 5.81. The topological polar surface area (TPSA) is 95.9 Å². The average molecular weight is 348 g/mol. The van der Waals surface area contributed by atoms with Crippen molar-refractivity contribution in [1.82, 2.24) is 10.2 Å². The number of rotatable bonds is 7. The Labute approximate surface area is 147 Å². The van der Waals surface area contributed by atoms with Gasteiger partial charge in [0, 0.05) is 25.6 Å². The second-order valence-electron chi connectivity index (χ2n) is 6.09. The van der Waals surface area contributed by atoms with Crippen LogP contribution in [0.15, 0.2) is 24.3 Å². The number of aliphatic carboxylic acids is 1. The molecular weight excluding hydrogens is 324 g/mol. The predicted octanol–water partition coefficient (Wildman–Crippen LogP) is 1.59. The number of benzene rings is 1. The molecule has 0 saturated carbocycles. The van der Waals surface area contributed by atoms with Crippen LogP contribution in [-0.2, 0) is 14.4 Å². The molecule has 1 aromatic carbocycles.